The molecule has 4 saturated carbocycles. The zero-order valence-corrected chi connectivity index (χ0v) is 17.6. The molecule has 4 fully saturated rings. The highest BCUT2D eigenvalue weighted by atomic mass is 19.4. The van der Waals surface area contributed by atoms with Crippen molar-refractivity contribution in [2.24, 2.45) is 46.3 Å². The monoisotopic (exact) mass is 402 g/mol. The van der Waals surface area contributed by atoms with Gasteiger partial charge in [-0.1, -0.05) is 6.92 Å². The van der Waals surface area contributed by atoms with Gasteiger partial charge in [0.15, 0.2) is 0 Å². The van der Waals surface area contributed by atoms with Crippen LogP contribution in [0.2, 0.25) is 0 Å². The van der Waals surface area contributed by atoms with E-state index in [0.29, 0.717) is 43.1 Å². The molecule has 28 heavy (non-hydrogen) atoms. The summed E-state index contributed by atoms with van der Waals surface area (Å²) in [5.74, 6) is 1.09. The maximum absolute atomic E-state index is 13.4. The van der Waals surface area contributed by atoms with Crippen molar-refractivity contribution in [2.75, 3.05) is 13.7 Å². The maximum atomic E-state index is 13.4. The van der Waals surface area contributed by atoms with Crippen molar-refractivity contribution >= 4 is 0 Å². The van der Waals surface area contributed by atoms with Gasteiger partial charge >= 0.3 is 6.18 Å². The van der Waals surface area contributed by atoms with Crippen molar-refractivity contribution in [3.63, 3.8) is 0 Å². The summed E-state index contributed by atoms with van der Waals surface area (Å²) in [4.78, 5) is 0. The molecule has 0 aromatic heterocycles. The molecule has 9 atom stereocenters. The maximum Gasteiger partial charge on any atom is 0.391 e. The summed E-state index contributed by atoms with van der Waals surface area (Å²) in [6, 6.07) is 0. The number of hydrogen-bond acceptors (Lipinski definition) is 2. The molecule has 2 nitrogen and oxygen atoms in total. The zero-order chi connectivity index (χ0) is 20.3. The highest BCUT2D eigenvalue weighted by Crippen LogP contribution is 2.68. The quantitative estimate of drug-likeness (QED) is 0.643. The molecular formula is C23H37F3O2. The van der Waals surface area contributed by atoms with Gasteiger partial charge in [-0.05, 0) is 105 Å². The molecule has 0 bridgehead atoms. The predicted molar refractivity (Wildman–Crippen MR) is 103 cm³/mol. The van der Waals surface area contributed by atoms with Gasteiger partial charge in [-0.15, -0.1) is 0 Å². The van der Waals surface area contributed by atoms with E-state index < -0.39 is 12.1 Å². The lowest BCUT2D eigenvalue weighted by Gasteiger charge is -2.62. The van der Waals surface area contributed by atoms with Crippen LogP contribution >= 0.6 is 0 Å². The topological polar surface area (TPSA) is 29.5 Å². The predicted octanol–water partition coefficient (Wildman–Crippen LogP) is 5.83. The summed E-state index contributed by atoms with van der Waals surface area (Å²) in [7, 11) is 1.72. The van der Waals surface area contributed by atoms with E-state index in [-0.39, 0.29) is 29.3 Å². The van der Waals surface area contributed by atoms with Crippen LogP contribution in [-0.4, -0.2) is 31.1 Å². The molecule has 0 heterocycles. The van der Waals surface area contributed by atoms with Gasteiger partial charge in [0.1, 0.15) is 0 Å². The van der Waals surface area contributed by atoms with Crippen LogP contribution in [0.3, 0.4) is 0 Å². The lowest BCUT2D eigenvalue weighted by Crippen LogP contribution is -2.57. The summed E-state index contributed by atoms with van der Waals surface area (Å²) in [6.07, 6.45) is 3.37. The molecule has 1 N–H and O–H groups in total. The van der Waals surface area contributed by atoms with E-state index in [4.69, 9.17) is 4.74 Å². The van der Waals surface area contributed by atoms with Gasteiger partial charge in [-0.3, -0.25) is 0 Å². The molecule has 0 radical (unpaired) electrons. The Bertz CT molecular complexity index is 577. The van der Waals surface area contributed by atoms with Crippen LogP contribution in [0.25, 0.3) is 0 Å². The Morgan fingerprint density at radius 1 is 1.04 bits per heavy atom. The molecule has 0 spiro atoms. The lowest BCUT2D eigenvalue weighted by atomic mass is 9.43. The third-order valence-corrected chi connectivity index (χ3v) is 9.90. The second kappa shape index (κ2) is 7.14. The minimum absolute atomic E-state index is 0.0658. The highest BCUT2D eigenvalue weighted by molar-refractivity contribution is 5.11. The van der Waals surface area contributed by atoms with Crippen LogP contribution in [0, 0.1) is 46.3 Å². The number of fused-ring (bicyclic) bond motifs is 5. The van der Waals surface area contributed by atoms with Crippen LogP contribution in [0.1, 0.15) is 71.6 Å². The summed E-state index contributed by atoms with van der Waals surface area (Å²) in [5, 5.41) is 10.4. The Kier molecular flexibility index (Phi) is 5.35. The molecule has 0 aliphatic heterocycles. The number of rotatable bonds is 3. The SMILES string of the molecule is COCC12CCC(C(F)(F)F)CC1CCC1C3CCC(C(C)O)C3(C)CCC12. The van der Waals surface area contributed by atoms with Crippen molar-refractivity contribution in [3.05, 3.63) is 0 Å². The number of methoxy groups -OCH3 is 1. The zero-order valence-electron chi connectivity index (χ0n) is 17.6. The number of aliphatic hydroxyl groups is 1. The molecular weight excluding hydrogens is 365 g/mol. The average molecular weight is 403 g/mol. The third-order valence-electron chi connectivity index (χ3n) is 9.90. The molecule has 0 saturated heterocycles. The van der Waals surface area contributed by atoms with E-state index in [9.17, 15) is 18.3 Å². The molecule has 162 valence electrons. The Hall–Kier alpha value is -0.290. The highest BCUT2D eigenvalue weighted by Gasteiger charge is 2.63. The Balaban J connectivity index is 1.61. The summed E-state index contributed by atoms with van der Waals surface area (Å²) in [5.41, 5.74) is 0.128. The van der Waals surface area contributed by atoms with E-state index in [0.717, 1.165) is 32.1 Å². The van der Waals surface area contributed by atoms with Gasteiger partial charge in [-0.2, -0.15) is 13.2 Å². The van der Waals surface area contributed by atoms with Crippen LogP contribution in [0.5, 0.6) is 0 Å². The van der Waals surface area contributed by atoms with Crippen LogP contribution < -0.4 is 0 Å². The van der Waals surface area contributed by atoms with Crippen molar-refractivity contribution in [1.82, 2.24) is 0 Å². The summed E-state index contributed by atoms with van der Waals surface area (Å²) < 4.78 is 46.0. The second-order valence-electron chi connectivity index (χ2n) is 10.8. The number of ether oxygens (including phenoxy) is 1. The number of halogens is 3. The Morgan fingerprint density at radius 2 is 1.79 bits per heavy atom. The molecule has 4 aliphatic carbocycles. The van der Waals surface area contributed by atoms with Gasteiger partial charge in [0, 0.05) is 7.11 Å². The van der Waals surface area contributed by atoms with E-state index in [2.05, 4.69) is 6.92 Å². The standard InChI is InChI=1S/C23H37F3O2/c1-14(27)18-6-7-19-17-5-4-15-12-16(23(24,25)26)8-11-22(15,13-28-3)20(17)9-10-21(18,19)2/h14-20,27H,4-13H2,1-3H3. The van der Waals surface area contributed by atoms with Crippen LogP contribution in [0.4, 0.5) is 13.2 Å². The van der Waals surface area contributed by atoms with E-state index in [1.807, 2.05) is 6.92 Å². The molecule has 9 unspecified atom stereocenters. The van der Waals surface area contributed by atoms with Gasteiger partial charge in [0.05, 0.1) is 18.6 Å². The molecule has 4 rings (SSSR count). The average Bonchev–Trinajstić information content (AvgIpc) is 2.98. The fraction of sp³-hybridized carbons (Fsp3) is 1.00. The van der Waals surface area contributed by atoms with E-state index in [1.54, 1.807) is 7.11 Å². The van der Waals surface area contributed by atoms with Gasteiger partial charge in [0.2, 0.25) is 0 Å². The fourth-order valence-corrected chi connectivity index (χ4v) is 8.73. The first-order valence-corrected chi connectivity index (χ1v) is 11.4. The van der Waals surface area contributed by atoms with Gasteiger partial charge in [-0.25, -0.2) is 0 Å². The summed E-state index contributed by atoms with van der Waals surface area (Å²) >= 11 is 0. The lowest BCUT2D eigenvalue weighted by molar-refractivity contribution is -0.217. The number of aliphatic hydroxyl groups excluding tert-OH is 1. The van der Waals surface area contributed by atoms with E-state index in [1.165, 1.54) is 6.42 Å². The Morgan fingerprint density at radius 3 is 2.43 bits per heavy atom. The fourth-order valence-electron chi connectivity index (χ4n) is 8.73. The molecule has 0 amide bonds. The van der Waals surface area contributed by atoms with Crippen LogP contribution in [-0.2, 0) is 4.74 Å². The van der Waals surface area contributed by atoms with Gasteiger partial charge in [0.25, 0.3) is 0 Å². The smallest absolute Gasteiger partial charge is 0.391 e. The summed E-state index contributed by atoms with van der Waals surface area (Å²) in [6.45, 7) is 4.94. The van der Waals surface area contributed by atoms with Gasteiger partial charge < -0.3 is 9.84 Å². The molecule has 5 heteroatoms. The van der Waals surface area contributed by atoms with Crippen molar-refractivity contribution in [2.45, 2.75) is 83.9 Å². The molecule has 4 aliphatic rings. The third kappa shape index (κ3) is 3.05. The van der Waals surface area contributed by atoms with E-state index >= 15 is 0 Å². The van der Waals surface area contributed by atoms with Crippen molar-refractivity contribution < 1.29 is 23.0 Å². The first-order chi connectivity index (χ1) is 13.1. The normalized spacial score (nSPS) is 49.8. The van der Waals surface area contributed by atoms with Crippen LogP contribution in [0.15, 0.2) is 0 Å². The second-order valence-corrected chi connectivity index (χ2v) is 10.8. The largest absolute Gasteiger partial charge is 0.393 e. The number of hydrogen-bond donors (Lipinski definition) is 1. The minimum Gasteiger partial charge on any atom is -0.393 e. The minimum atomic E-state index is -4.06. The Labute approximate surface area is 167 Å². The molecule has 0 aromatic rings. The first kappa shape index (κ1) is 21.0. The number of alkyl halides is 3. The van der Waals surface area contributed by atoms with Crippen molar-refractivity contribution in [1.29, 1.82) is 0 Å². The molecule has 0 aromatic carbocycles. The first-order valence-electron chi connectivity index (χ1n) is 11.4. The van der Waals surface area contributed by atoms with Crippen molar-refractivity contribution in [3.8, 4) is 0 Å².